The van der Waals surface area contributed by atoms with Gasteiger partial charge in [0.2, 0.25) is 5.91 Å². The highest BCUT2D eigenvalue weighted by atomic mass is 19.3. The maximum absolute atomic E-state index is 12.5. The zero-order valence-electron chi connectivity index (χ0n) is 11.6. The Morgan fingerprint density at radius 2 is 2.23 bits per heavy atom. The third kappa shape index (κ3) is 3.68. The molecule has 1 saturated heterocycles. The van der Waals surface area contributed by atoms with E-state index in [0.29, 0.717) is 0 Å². The second kappa shape index (κ2) is 6.83. The van der Waals surface area contributed by atoms with Crippen LogP contribution in [0.2, 0.25) is 0 Å². The summed E-state index contributed by atoms with van der Waals surface area (Å²) in [7, 11) is 0. The van der Waals surface area contributed by atoms with Gasteiger partial charge in [-0.1, -0.05) is 6.07 Å². The lowest BCUT2D eigenvalue weighted by Crippen LogP contribution is -2.24. The number of imide groups is 1. The number of halogens is 2. The Labute approximate surface area is 124 Å². The SMILES string of the molecule is CCOc1cccc(/C=N\N2CC(=O)NC2=O)c1OC(F)F. The Morgan fingerprint density at radius 1 is 1.45 bits per heavy atom. The van der Waals surface area contributed by atoms with Crippen molar-refractivity contribution < 1.29 is 27.8 Å². The van der Waals surface area contributed by atoms with Crippen LogP contribution < -0.4 is 14.8 Å². The van der Waals surface area contributed by atoms with Crippen LogP contribution in [-0.4, -0.2) is 42.9 Å². The number of benzene rings is 1. The molecule has 1 heterocycles. The van der Waals surface area contributed by atoms with E-state index >= 15 is 0 Å². The first-order valence-electron chi connectivity index (χ1n) is 6.37. The van der Waals surface area contributed by atoms with E-state index in [1.54, 1.807) is 13.0 Å². The molecule has 1 aromatic rings. The largest absolute Gasteiger partial charge is 0.490 e. The van der Waals surface area contributed by atoms with Crippen molar-refractivity contribution in [3.63, 3.8) is 0 Å². The molecule has 0 aliphatic carbocycles. The van der Waals surface area contributed by atoms with Crippen LogP contribution in [0.3, 0.4) is 0 Å². The fourth-order valence-electron chi connectivity index (χ4n) is 1.78. The minimum absolute atomic E-state index is 0.133. The summed E-state index contributed by atoms with van der Waals surface area (Å²) >= 11 is 0. The van der Waals surface area contributed by atoms with Crippen LogP contribution in [0.15, 0.2) is 23.3 Å². The number of urea groups is 1. The summed E-state index contributed by atoms with van der Waals surface area (Å²) in [5.74, 6) is -0.544. The summed E-state index contributed by atoms with van der Waals surface area (Å²) in [6.45, 7) is -1.30. The lowest BCUT2D eigenvalue weighted by atomic mass is 10.2. The average Bonchev–Trinajstić information content (AvgIpc) is 2.77. The zero-order valence-corrected chi connectivity index (χ0v) is 11.6. The van der Waals surface area contributed by atoms with Gasteiger partial charge in [-0.2, -0.15) is 13.9 Å². The van der Waals surface area contributed by atoms with Crippen LogP contribution >= 0.6 is 0 Å². The molecule has 1 aliphatic heterocycles. The molecule has 2 rings (SSSR count). The van der Waals surface area contributed by atoms with Gasteiger partial charge in [-0.3, -0.25) is 10.1 Å². The maximum Gasteiger partial charge on any atom is 0.387 e. The van der Waals surface area contributed by atoms with Gasteiger partial charge in [-0.25, -0.2) is 9.80 Å². The fourth-order valence-corrected chi connectivity index (χ4v) is 1.78. The lowest BCUT2D eigenvalue weighted by molar-refractivity contribution is -0.118. The molecule has 9 heteroatoms. The molecule has 0 radical (unpaired) electrons. The number of alkyl halides is 2. The van der Waals surface area contributed by atoms with Gasteiger partial charge in [0.15, 0.2) is 11.5 Å². The number of nitrogens with zero attached hydrogens (tertiary/aromatic N) is 2. The minimum atomic E-state index is -3.04. The number of carbonyl (C=O) groups is 2. The van der Waals surface area contributed by atoms with Gasteiger partial charge in [0.05, 0.1) is 12.8 Å². The molecule has 0 aromatic heterocycles. The van der Waals surface area contributed by atoms with Crippen LogP contribution in [0.5, 0.6) is 11.5 Å². The topological polar surface area (TPSA) is 80.2 Å². The Morgan fingerprint density at radius 3 is 2.82 bits per heavy atom. The van der Waals surface area contributed by atoms with Crippen molar-refractivity contribution in [2.24, 2.45) is 5.10 Å². The minimum Gasteiger partial charge on any atom is -0.490 e. The normalized spacial score (nSPS) is 14.8. The number of hydrogen-bond acceptors (Lipinski definition) is 5. The summed E-state index contributed by atoms with van der Waals surface area (Å²) in [5.41, 5.74) is 0.193. The number of hydrazone groups is 1. The Hall–Kier alpha value is -2.71. The van der Waals surface area contributed by atoms with E-state index in [0.717, 1.165) is 11.2 Å². The molecule has 118 valence electrons. The first kappa shape index (κ1) is 15.7. The van der Waals surface area contributed by atoms with Crippen molar-refractivity contribution in [1.29, 1.82) is 0 Å². The Bertz CT molecular complexity index is 607. The molecule has 0 spiro atoms. The van der Waals surface area contributed by atoms with E-state index < -0.39 is 18.5 Å². The molecule has 0 saturated carbocycles. The number of carbonyl (C=O) groups excluding carboxylic acids is 2. The number of nitrogens with one attached hydrogen (secondary N) is 1. The van der Waals surface area contributed by atoms with Crippen molar-refractivity contribution in [2.75, 3.05) is 13.2 Å². The highest BCUT2D eigenvalue weighted by Crippen LogP contribution is 2.31. The molecule has 1 aliphatic rings. The monoisotopic (exact) mass is 313 g/mol. The standard InChI is InChI=1S/C13H13F2N3O4/c1-2-21-9-5-3-4-8(11(9)22-12(14)15)6-16-18-7-10(19)17-13(18)20/h3-6,12H,2,7H2,1H3,(H,17,19,20)/b16-6-. The van der Waals surface area contributed by atoms with Gasteiger partial charge >= 0.3 is 12.6 Å². The maximum atomic E-state index is 12.5. The molecule has 0 unspecified atom stereocenters. The molecule has 1 fully saturated rings. The zero-order chi connectivity index (χ0) is 16.1. The molecule has 1 N–H and O–H groups in total. The van der Waals surface area contributed by atoms with Crippen molar-refractivity contribution in [2.45, 2.75) is 13.5 Å². The molecule has 22 heavy (non-hydrogen) atoms. The van der Waals surface area contributed by atoms with Crippen molar-refractivity contribution in [3.8, 4) is 11.5 Å². The third-order valence-corrected chi connectivity index (χ3v) is 2.63. The summed E-state index contributed by atoms with van der Waals surface area (Å²) in [4.78, 5) is 22.4. The van der Waals surface area contributed by atoms with Gasteiger partial charge < -0.3 is 9.47 Å². The lowest BCUT2D eigenvalue weighted by Gasteiger charge is -2.13. The molecule has 7 nitrogen and oxygen atoms in total. The molecule has 0 atom stereocenters. The van der Waals surface area contributed by atoms with Gasteiger partial charge in [0, 0.05) is 5.56 Å². The number of para-hydroxylation sites is 1. The van der Waals surface area contributed by atoms with Gasteiger partial charge in [-0.15, -0.1) is 0 Å². The van der Waals surface area contributed by atoms with Crippen molar-refractivity contribution in [3.05, 3.63) is 23.8 Å². The van der Waals surface area contributed by atoms with Gasteiger partial charge in [0.25, 0.3) is 0 Å². The summed E-state index contributed by atoms with van der Waals surface area (Å²) in [6, 6.07) is 3.84. The van der Waals surface area contributed by atoms with E-state index in [4.69, 9.17) is 4.74 Å². The fraction of sp³-hybridized carbons (Fsp3) is 0.308. The van der Waals surface area contributed by atoms with Crippen LogP contribution in [0.1, 0.15) is 12.5 Å². The molecular weight excluding hydrogens is 300 g/mol. The van der Waals surface area contributed by atoms with Crippen molar-refractivity contribution >= 4 is 18.2 Å². The van der Waals surface area contributed by atoms with Crippen LogP contribution in [0.25, 0.3) is 0 Å². The number of hydrogen-bond donors (Lipinski definition) is 1. The summed E-state index contributed by atoms with van der Waals surface area (Å²) in [6.07, 6.45) is 1.15. The predicted octanol–water partition coefficient (Wildman–Crippen LogP) is 1.57. The first-order chi connectivity index (χ1) is 10.5. The Kier molecular flexibility index (Phi) is 4.87. The van der Waals surface area contributed by atoms with Gasteiger partial charge in [-0.05, 0) is 19.1 Å². The number of amides is 3. The van der Waals surface area contributed by atoms with Gasteiger partial charge in [0.1, 0.15) is 6.54 Å². The molecule has 1 aromatic carbocycles. The molecule has 0 bridgehead atoms. The highest BCUT2D eigenvalue weighted by molar-refractivity contribution is 6.02. The summed E-state index contributed by atoms with van der Waals surface area (Å²) in [5, 5.41) is 6.71. The number of rotatable bonds is 6. The molecular formula is C13H13F2N3O4. The van der Waals surface area contributed by atoms with Crippen molar-refractivity contribution in [1.82, 2.24) is 10.3 Å². The van der Waals surface area contributed by atoms with Crippen LogP contribution in [0, 0.1) is 0 Å². The summed E-state index contributed by atoms with van der Waals surface area (Å²) < 4.78 is 34.7. The Balaban J connectivity index is 2.27. The van der Waals surface area contributed by atoms with E-state index in [-0.39, 0.29) is 30.2 Å². The third-order valence-electron chi connectivity index (χ3n) is 2.63. The smallest absolute Gasteiger partial charge is 0.387 e. The first-order valence-corrected chi connectivity index (χ1v) is 6.37. The highest BCUT2D eigenvalue weighted by Gasteiger charge is 2.26. The second-order valence-corrected chi connectivity index (χ2v) is 4.14. The van der Waals surface area contributed by atoms with E-state index in [1.807, 2.05) is 5.32 Å². The average molecular weight is 313 g/mol. The van der Waals surface area contributed by atoms with E-state index in [2.05, 4.69) is 9.84 Å². The van der Waals surface area contributed by atoms with E-state index in [9.17, 15) is 18.4 Å². The number of ether oxygens (including phenoxy) is 2. The van der Waals surface area contributed by atoms with Crippen LogP contribution in [-0.2, 0) is 4.79 Å². The second-order valence-electron chi connectivity index (χ2n) is 4.14. The predicted molar refractivity (Wildman–Crippen MR) is 72.1 cm³/mol. The quantitative estimate of drug-likeness (QED) is 0.638. The molecule has 3 amide bonds. The van der Waals surface area contributed by atoms with E-state index in [1.165, 1.54) is 12.1 Å². The van der Waals surface area contributed by atoms with Crippen LogP contribution in [0.4, 0.5) is 13.6 Å².